The predicted octanol–water partition coefficient (Wildman–Crippen LogP) is 6.90. The molecule has 0 saturated heterocycles. The summed E-state index contributed by atoms with van der Waals surface area (Å²) in [5.41, 5.74) is 1.80. The van der Waals surface area contributed by atoms with Crippen molar-refractivity contribution in [1.82, 2.24) is 0 Å². The minimum Gasteiger partial charge on any atom is -0.508 e. The van der Waals surface area contributed by atoms with Crippen LogP contribution < -0.4 is 0 Å². The molecular formula is C22H38O2. The van der Waals surface area contributed by atoms with Crippen LogP contribution in [0.2, 0.25) is 0 Å². The molecule has 1 rings (SSSR count). The third-order valence-corrected chi connectivity index (χ3v) is 4.88. The minimum atomic E-state index is 0.363. The zero-order chi connectivity index (χ0) is 17.6. The first-order valence-electron chi connectivity index (χ1n) is 10.2. The van der Waals surface area contributed by atoms with E-state index in [0.29, 0.717) is 11.5 Å². The maximum atomic E-state index is 10.2. The highest BCUT2D eigenvalue weighted by Crippen LogP contribution is 2.30. The topological polar surface area (TPSA) is 40.5 Å². The summed E-state index contributed by atoms with van der Waals surface area (Å²) in [5.74, 6) is 0.727. The molecule has 0 radical (unpaired) electrons. The first kappa shape index (κ1) is 20.9. The molecule has 2 heteroatoms. The Balaban J connectivity index is 2.33. The van der Waals surface area contributed by atoms with Crippen LogP contribution in [0.25, 0.3) is 0 Å². The minimum absolute atomic E-state index is 0.363. The molecule has 0 saturated carbocycles. The highest BCUT2D eigenvalue weighted by atomic mass is 16.3. The third-order valence-electron chi connectivity index (χ3n) is 4.88. The van der Waals surface area contributed by atoms with Crippen molar-refractivity contribution < 1.29 is 10.2 Å². The standard InChI is InChI=1S/C22H38O2/c1-3-5-7-9-11-13-15-19-17-22(24)20(18-21(19)23)16-14-12-10-8-6-4-2/h17-18,23-24H,3-16H2,1-2H3. The molecule has 2 nitrogen and oxygen atoms in total. The molecule has 0 atom stereocenters. The Bertz CT molecular complexity index is 398. The van der Waals surface area contributed by atoms with Gasteiger partial charge in [-0.25, -0.2) is 0 Å². The fourth-order valence-electron chi connectivity index (χ4n) is 3.26. The number of aryl methyl sites for hydroxylation is 2. The lowest BCUT2D eigenvalue weighted by Gasteiger charge is -2.10. The zero-order valence-corrected chi connectivity index (χ0v) is 15.9. The number of unbranched alkanes of at least 4 members (excludes halogenated alkanes) is 10. The average molecular weight is 335 g/mol. The number of hydrogen-bond donors (Lipinski definition) is 2. The maximum absolute atomic E-state index is 10.2. The Morgan fingerprint density at radius 1 is 0.542 bits per heavy atom. The van der Waals surface area contributed by atoms with Gasteiger partial charge in [0.2, 0.25) is 0 Å². The fourth-order valence-corrected chi connectivity index (χ4v) is 3.26. The first-order chi connectivity index (χ1) is 11.7. The van der Waals surface area contributed by atoms with Gasteiger partial charge in [-0.2, -0.15) is 0 Å². The van der Waals surface area contributed by atoms with Crippen LogP contribution in [0.15, 0.2) is 12.1 Å². The van der Waals surface area contributed by atoms with Crippen molar-refractivity contribution >= 4 is 0 Å². The normalized spacial score (nSPS) is 11.1. The van der Waals surface area contributed by atoms with Gasteiger partial charge in [0.05, 0.1) is 0 Å². The molecular weight excluding hydrogens is 296 g/mol. The molecule has 0 bridgehead atoms. The Hall–Kier alpha value is -1.18. The summed E-state index contributed by atoms with van der Waals surface area (Å²) < 4.78 is 0. The lowest BCUT2D eigenvalue weighted by molar-refractivity contribution is 0.445. The van der Waals surface area contributed by atoms with Crippen LogP contribution in [-0.4, -0.2) is 10.2 Å². The number of phenolic OH excluding ortho intramolecular Hbond substituents is 2. The number of aromatic hydroxyl groups is 2. The van der Waals surface area contributed by atoms with Crippen LogP contribution in [0.4, 0.5) is 0 Å². The Labute approximate surface area is 149 Å². The van der Waals surface area contributed by atoms with Gasteiger partial charge in [-0.05, 0) is 48.9 Å². The van der Waals surface area contributed by atoms with Gasteiger partial charge >= 0.3 is 0 Å². The van der Waals surface area contributed by atoms with Crippen LogP contribution in [0.1, 0.15) is 102 Å². The van der Waals surface area contributed by atoms with Gasteiger partial charge in [-0.3, -0.25) is 0 Å². The first-order valence-corrected chi connectivity index (χ1v) is 10.2. The maximum Gasteiger partial charge on any atom is 0.119 e. The lowest BCUT2D eigenvalue weighted by Crippen LogP contribution is -1.92. The van der Waals surface area contributed by atoms with Crippen LogP contribution in [0.5, 0.6) is 11.5 Å². The van der Waals surface area contributed by atoms with E-state index >= 15 is 0 Å². The van der Waals surface area contributed by atoms with Crippen LogP contribution in [-0.2, 0) is 12.8 Å². The van der Waals surface area contributed by atoms with E-state index in [-0.39, 0.29) is 0 Å². The van der Waals surface area contributed by atoms with Gasteiger partial charge in [0, 0.05) is 0 Å². The summed E-state index contributed by atoms with van der Waals surface area (Å²) in [4.78, 5) is 0. The van der Waals surface area contributed by atoms with E-state index in [0.717, 1.165) is 36.8 Å². The van der Waals surface area contributed by atoms with Crippen LogP contribution in [0.3, 0.4) is 0 Å². The third kappa shape index (κ3) is 8.61. The van der Waals surface area contributed by atoms with Crippen molar-refractivity contribution in [3.05, 3.63) is 23.3 Å². The van der Waals surface area contributed by atoms with Crippen molar-refractivity contribution in [2.75, 3.05) is 0 Å². The van der Waals surface area contributed by atoms with Crippen molar-refractivity contribution in [3.63, 3.8) is 0 Å². The largest absolute Gasteiger partial charge is 0.508 e. The SMILES string of the molecule is CCCCCCCCc1cc(O)c(CCCCCCCC)cc1O. The van der Waals surface area contributed by atoms with E-state index in [1.54, 1.807) is 12.1 Å². The van der Waals surface area contributed by atoms with E-state index in [9.17, 15) is 10.2 Å². The molecule has 24 heavy (non-hydrogen) atoms. The Morgan fingerprint density at radius 2 is 0.875 bits per heavy atom. The quantitative estimate of drug-likeness (QED) is 0.287. The van der Waals surface area contributed by atoms with Crippen molar-refractivity contribution in [3.8, 4) is 11.5 Å². The number of benzene rings is 1. The second-order valence-electron chi connectivity index (χ2n) is 7.15. The molecule has 0 aliphatic carbocycles. The lowest BCUT2D eigenvalue weighted by atomic mass is 9.99. The van der Waals surface area contributed by atoms with E-state index in [1.165, 1.54) is 64.2 Å². The molecule has 0 spiro atoms. The Kier molecular flexibility index (Phi) is 11.4. The number of rotatable bonds is 14. The number of phenols is 2. The molecule has 1 aromatic carbocycles. The smallest absolute Gasteiger partial charge is 0.119 e. The molecule has 2 N–H and O–H groups in total. The average Bonchev–Trinajstić information content (AvgIpc) is 2.57. The molecule has 0 fully saturated rings. The molecule has 0 unspecified atom stereocenters. The van der Waals surface area contributed by atoms with Gasteiger partial charge in [0.15, 0.2) is 0 Å². The van der Waals surface area contributed by atoms with Gasteiger partial charge in [-0.15, -0.1) is 0 Å². The van der Waals surface area contributed by atoms with Crippen molar-refractivity contribution in [2.24, 2.45) is 0 Å². The molecule has 1 aromatic rings. The summed E-state index contributed by atoms with van der Waals surface area (Å²) in [6.07, 6.45) is 16.7. The zero-order valence-electron chi connectivity index (χ0n) is 15.9. The van der Waals surface area contributed by atoms with Crippen LogP contribution >= 0.6 is 0 Å². The predicted molar refractivity (Wildman–Crippen MR) is 104 cm³/mol. The molecule has 0 aliphatic rings. The second kappa shape index (κ2) is 13.1. The second-order valence-corrected chi connectivity index (χ2v) is 7.15. The van der Waals surface area contributed by atoms with Crippen molar-refractivity contribution in [1.29, 1.82) is 0 Å². The van der Waals surface area contributed by atoms with E-state index < -0.39 is 0 Å². The molecule has 0 aromatic heterocycles. The summed E-state index contributed by atoms with van der Waals surface area (Å²) in [6, 6.07) is 3.57. The molecule has 0 amide bonds. The van der Waals surface area contributed by atoms with Crippen molar-refractivity contribution in [2.45, 2.75) is 104 Å². The summed E-state index contributed by atoms with van der Waals surface area (Å²) in [6.45, 7) is 4.46. The van der Waals surface area contributed by atoms with Gasteiger partial charge in [-0.1, -0.05) is 78.1 Å². The summed E-state index contributed by atoms with van der Waals surface area (Å²) >= 11 is 0. The molecule has 0 aliphatic heterocycles. The van der Waals surface area contributed by atoms with Gasteiger partial charge in [0.25, 0.3) is 0 Å². The van der Waals surface area contributed by atoms with Crippen LogP contribution in [0, 0.1) is 0 Å². The Morgan fingerprint density at radius 3 is 1.25 bits per heavy atom. The van der Waals surface area contributed by atoms with E-state index in [4.69, 9.17) is 0 Å². The summed E-state index contributed by atoms with van der Waals surface area (Å²) in [5, 5.41) is 20.4. The monoisotopic (exact) mass is 334 g/mol. The van der Waals surface area contributed by atoms with E-state index in [1.807, 2.05) is 0 Å². The van der Waals surface area contributed by atoms with Gasteiger partial charge < -0.3 is 10.2 Å². The van der Waals surface area contributed by atoms with Gasteiger partial charge in [0.1, 0.15) is 11.5 Å². The molecule has 138 valence electrons. The number of hydrogen-bond acceptors (Lipinski definition) is 2. The molecule has 0 heterocycles. The fraction of sp³-hybridized carbons (Fsp3) is 0.727. The highest BCUT2D eigenvalue weighted by Gasteiger charge is 2.08. The highest BCUT2D eigenvalue weighted by molar-refractivity contribution is 5.45. The van der Waals surface area contributed by atoms with E-state index in [2.05, 4.69) is 13.8 Å². The summed E-state index contributed by atoms with van der Waals surface area (Å²) in [7, 11) is 0.